The zero-order valence-corrected chi connectivity index (χ0v) is 19.3. The van der Waals surface area contributed by atoms with Gasteiger partial charge in [-0.05, 0) is 45.0 Å². The Kier molecular flexibility index (Phi) is 6.62. The number of hydrogen-bond acceptors (Lipinski definition) is 5. The van der Waals surface area contributed by atoms with Crippen molar-refractivity contribution in [2.75, 3.05) is 19.0 Å². The molecule has 2 heterocycles. The van der Waals surface area contributed by atoms with Crippen molar-refractivity contribution in [3.05, 3.63) is 40.0 Å². The summed E-state index contributed by atoms with van der Waals surface area (Å²) in [6.45, 7) is 5.79. The number of carbonyl (C=O) groups is 2. The Bertz CT molecular complexity index is 940. The Hall–Kier alpha value is -2.26. The van der Waals surface area contributed by atoms with Crippen LogP contribution in [0.1, 0.15) is 38.1 Å². The molecule has 162 valence electrons. The number of ether oxygens (including phenoxy) is 1. The summed E-state index contributed by atoms with van der Waals surface area (Å²) >= 11 is 9.01. The Balaban J connectivity index is 2.00. The molecule has 1 aromatic heterocycles. The lowest BCUT2D eigenvalue weighted by molar-refractivity contribution is -0.119. The lowest BCUT2D eigenvalue weighted by Crippen LogP contribution is -2.47. The van der Waals surface area contributed by atoms with Crippen LogP contribution in [0, 0.1) is 0 Å². The highest BCUT2D eigenvalue weighted by atomic mass is 79.9. The Morgan fingerprint density at radius 2 is 2.00 bits per heavy atom. The molecule has 30 heavy (non-hydrogen) atoms. The van der Waals surface area contributed by atoms with Gasteiger partial charge in [0.1, 0.15) is 11.5 Å². The van der Waals surface area contributed by atoms with Gasteiger partial charge in [-0.15, -0.1) is 16.7 Å². The van der Waals surface area contributed by atoms with Crippen LogP contribution in [0.2, 0.25) is 0 Å². The van der Waals surface area contributed by atoms with E-state index in [0.29, 0.717) is 18.5 Å². The molecule has 0 saturated carbocycles. The van der Waals surface area contributed by atoms with Crippen molar-refractivity contribution in [3.8, 4) is 11.6 Å². The molecular weight excluding hydrogens is 476 g/mol. The molecule has 3 rings (SSSR count). The normalized spacial score (nSPS) is 16.2. The van der Waals surface area contributed by atoms with Gasteiger partial charge in [0.25, 0.3) is 0 Å². The molecule has 0 fully saturated rings. The highest BCUT2D eigenvalue weighted by Crippen LogP contribution is 2.37. The SMILES string of the molecule is CC(C)(C)OC(=O)N1CCc2c(c(O)nn2-c2ccc(Br)cc2)[C@@H]1CNC(=O)CCl. The van der Waals surface area contributed by atoms with Gasteiger partial charge in [-0.25, -0.2) is 9.48 Å². The number of carbonyl (C=O) groups excluding carboxylic acids is 2. The minimum Gasteiger partial charge on any atom is -0.492 e. The smallest absolute Gasteiger partial charge is 0.410 e. The van der Waals surface area contributed by atoms with E-state index in [1.54, 1.807) is 25.5 Å². The van der Waals surface area contributed by atoms with Crippen LogP contribution in [0.25, 0.3) is 5.69 Å². The predicted molar refractivity (Wildman–Crippen MR) is 116 cm³/mol. The van der Waals surface area contributed by atoms with Crippen LogP contribution in [-0.4, -0.2) is 56.4 Å². The maximum atomic E-state index is 12.8. The fourth-order valence-corrected chi connectivity index (χ4v) is 3.74. The highest BCUT2D eigenvalue weighted by molar-refractivity contribution is 9.10. The first-order chi connectivity index (χ1) is 14.1. The second-order valence-corrected chi connectivity index (χ2v) is 9.13. The number of aromatic hydroxyl groups is 1. The van der Waals surface area contributed by atoms with Gasteiger partial charge in [-0.2, -0.15) is 0 Å². The summed E-state index contributed by atoms with van der Waals surface area (Å²) in [7, 11) is 0. The van der Waals surface area contributed by atoms with E-state index >= 15 is 0 Å². The number of benzene rings is 1. The van der Waals surface area contributed by atoms with Crippen molar-refractivity contribution in [1.29, 1.82) is 0 Å². The topological polar surface area (TPSA) is 96.7 Å². The summed E-state index contributed by atoms with van der Waals surface area (Å²) in [5.74, 6) is -0.755. The summed E-state index contributed by atoms with van der Waals surface area (Å²) < 4.78 is 8.13. The molecule has 2 N–H and O–H groups in total. The van der Waals surface area contributed by atoms with Gasteiger partial charge >= 0.3 is 6.09 Å². The number of aromatic nitrogens is 2. The molecule has 10 heteroatoms. The van der Waals surface area contributed by atoms with Crippen molar-refractivity contribution < 1.29 is 19.4 Å². The van der Waals surface area contributed by atoms with Gasteiger partial charge < -0.3 is 15.2 Å². The second kappa shape index (κ2) is 8.85. The van der Waals surface area contributed by atoms with Crippen LogP contribution in [0.15, 0.2) is 28.7 Å². The largest absolute Gasteiger partial charge is 0.492 e. The van der Waals surface area contributed by atoms with Crippen molar-refractivity contribution >= 4 is 39.5 Å². The molecule has 0 radical (unpaired) electrons. The first kappa shape index (κ1) is 22.4. The van der Waals surface area contributed by atoms with E-state index < -0.39 is 17.7 Å². The molecule has 0 spiro atoms. The van der Waals surface area contributed by atoms with E-state index in [9.17, 15) is 14.7 Å². The van der Waals surface area contributed by atoms with Crippen LogP contribution >= 0.6 is 27.5 Å². The summed E-state index contributed by atoms with van der Waals surface area (Å²) in [6, 6.07) is 6.88. The zero-order chi connectivity index (χ0) is 22.1. The first-order valence-electron chi connectivity index (χ1n) is 9.49. The van der Waals surface area contributed by atoms with Gasteiger partial charge in [-0.1, -0.05) is 15.9 Å². The number of amides is 2. The Morgan fingerprint density at radius 3 is 2.60 bits per heavy atom. The first-order valence-corrected chi connectivity index (χ1v) is 10.8. The van der Waals surface area contributed by atoms with Crippen molar-refractivity contribution in [2.24, 2.45) is 0 Å². The van der Waals surface area contributed by atoms with Crippen molar-refractivity contribution in [3.63, 3.8) is 0 Å². The molecule has 2 amide bonds. The van der Waals surface area contributed by atoms with Crippen LogP contribution in [-0.2, 0) is 16.0 Å². The second-order valence-electron chi connectivity index (χ2n) is 7.95. The van der Waals surface area contributed by atoms with E-state index in [1.165, 1.54) is 4.90 Å². The van der Waals surface area contributed by atoms with E-state index in [2.05, 4.69) is 26.3 Å². The number of nitrogens with zero attached hydrogens (tertiary/aromatic N) is 3. The van der Waals surface area contributed by atoms with Gasteiger partial charge in [0.2, 0.25) is 11.8 Å². The van der Waals surface area contributed by atoms with Crippen molar-refractivity contribution in [1.82, 2.24) is 20.0 Å². The maximum absolute atomic E-state index is 12.8. The van der Waals surface area contributed by atoms with Crippen LogP contribution < -0.4 is 5.32 Å². The minimum atomic E-state index is -0.676. The summed E-state index contributed by atoms with van der Waals surface area (Å²) in [6.07, 6.45) is -0.0490. The molecule has 0 saturated heterocycles. The number of halogens is 2. The van der Waals surface area contributed by atoms with Gasteiger partial charge in [0, 0.05) is 24.0 Å². The third kappa shape index (κ3) is 4.89. The maximum Gasteiger partial charge on any atom is 0.410 e. The predicted octanol–water partition coefficient (Wildman–Crippen LogP) is 3.53. The fourth-order valence-electron chi connectivity index (χ4n) is 3.38. The highest BCUT2D eigenvalue weighted by Gasteiger charge is 2.38. The monoisotopic (exact) mass is 498 g/mol. The molecule has 0 aliphatic carbocycles. The number of nitrogens with one attached hydrogen (secondary N) is 1. The van der Waals surface area contributed by atoms with E-state index in [0.717, 1.165) is 15.9 Å². The fraction of sp³-hybridized carbons (Fsp3) is 0.450. The number of fused-ring (bicyclic) bond motifs is 1. The quantitative estimate of drug-likeness (QED) is 0.627. The van der Waals surface area contributed by atoms with Crippen LogP contribution in [0.3, 0.4) is 0 Å². The average Bonchev–Trinajstić information content (AvgIpc) is 3.02. The lowest BCUT2D eigenvalue weighted by atomic mass is 9.98. The number of hydrogen-bond donors (Lipinski definition) is 2. The third-order valence-corrected chi connectivity index (χ3v) is 5.39. The van der Waals surface area contributed by atoms with Crippen LogP contribution in [0.4, 0.5) is 4.79 Å². The van der Waals surface area contributed by atoms with Crippen LogP contribution in [0.5, 0.6) is 5.88 Å². The minimum absolute atomic E-state index is 0.0807. The molecule has 1 aliphatic heterocycles. The molecule has 0 unspecified atom stereocenters. The molecular formula is C20H24BrClN4O4. The van der Waals surface area contributed by atoms with E-state index in [4.69, 9.17) is 16.3 Å². The molecule has 2 aromatic rings. The average molecular weight is 500 g/mol. The van der Waals surface area contributed by atoms with E-state index in [1.807, 2.05) is 24.3 Å². The summed E-state index contributed by atoms with van der Waals surface area (Å²) in [5.41, 5.74) is 1.37. The van der Waals surface area contributed by atoms with E-state index in [-0.39, 0.29) is 24.2 Å². The molecule has 0 bridgehead atoms. The lowest BCUT2D eigenvalue weighted by Gasteiger charge is -2.36. The molecule has 1 aliphatic rings. The van der Waals surface area contributed by atoms with Crippen molar-refractivity contribution in [2.45, 2.75) is 38.8 Å². The van der Waals surface area contributed by atoms with Gasteiger partial charge in [-0.3, -0.25) is 9.69 Å². The molecule has 1 atom stereocenters. The Labute approximate surface area is 188 Å². The molecule has 8 nitrogen and oxygen atoms in total. The van der Waals surface area contributed by atoms with Gasteiger partial charge in [0.15, 0.2) is 0 Å². The summed E-state index contributed by atoms with van der Waals surface area (Å²) in [5, 5.41) is 17.7. The summed E-state index contributed by atoms with van der Waals surface area (Å²) in [4.78, 5) is 26.1. The third-order valence-electron chi connectivity index (χ3n) is 4.61. The standard InChI is InChI=1S/C20H24BrClN4O4/c1-20(2,3)30-19(29)25-9-8-14-17(15(25)11-23-16(27)10-22)18(28)24-26(14)13-6-4-12(21)5-7-13/h4-7,15H,8-11H2,1-3H3,(H,23,27)(H,24,28)/t15-/m0/s1. The van der Waals surface area contributed by atoms with Gasteiger partial charge in [0.05, 0.1) is 23.0 Å². The Morgan fingerprint density at radius 1 is 1.33 bits per heavy atom. The number of alkyl halides is 1. The number of rotatable bonds is 4. The molecule has 1 aromatic carbocycles. The zero-order valence-electron chi connectivity index (χ0n) is 17.0.